The molecule has 33 heavy (non-hydrogen) atoms. The smallest absolute Gasteiger partial charge is 0.254 e. The average Bonchev–Trinajstić information content (AvgIpc) is 2.84. The van der Waals surface area contributed by atoms with Crippen molar-refractivity contribution in [1.29, 1.82) is 0 Å². The van der Waals surface area contributed by atoms with Gasteiger partial charge in [-0.2, -0.15) is 0 Å². The number of halogens is 1. The minimum Gasteiger partial charge on any atom is -0.497 e. The van der Waals surface area contributed by atoms with Crippen LogP contribution in [0, 0.1) is 11.7 Å². The molecule has 7 nitrogen and oxygen atoms in total. The Morgan fingerprint density at radius 2 is 1.64 bits per heavy atom. The summed E-state index contributed by atoms with van der Waals surface area (Å²) >= 11 is 0. The first-order valence-corrected chi connectivity index (χ1v) is 11.0. The largest absolute Gasteiger partial charge is 0.497 e. The highest BCUT2D eigenvalue weighted by molar-refractivity contribution is 5.95. The number of carbonyl (C=O) groups excluding carboxylic acids is 2. The number of likely N-dealkylation sites (N-methyl/N-ethyl adjacent to an activating group) is 1. The molecule has 2 aromatic rings. The van der Waals surface area contributed by atoms with E-state index in [9.17, 15) is 14.0 Å². The number of nitrogens with one attached hydrogen (secondary N) is 1. The van der Waals surface area contributed by atoms with Gasteiger partial charge in [0.1, 0.15) is 17.3 Å². The van der Waals surface area contributed by atoms with E-state index >= 15 is 0 Å². The number of carbonyl (C=O) groups is 2. The number of amides is 2. The first kappa shape index (κ1) is 24.5. The molecule has 0 spiro atoms. The maximum Gasteiger partial charge on any atom is 0.254 e. The Balaban J connectivity index is 1.55. The fourth-order valence-corrected chi connectivity index (χ4v) is 4.08. The Bertz CT molecular complexity index is 934. The Morgan fingerprint density at radius 3 is 2.15 bits per heavy atom. The monoisotopic (exact) mass is 457 g/mol. The molecule has 2 amide bonds. The molecule has 0 bridgehead atoms. The van der Waals surface area contributed by atoms with Crippen molar-refractivity contribution in [3.63, 3.8) is 0 Å². The maximum absolute atomic E-state index is 13.3. The summed E-state index contributed by atoms with van der Waals surface area (Å²) in [4.78, 5) is 29.5. The third-order valence-corrected chi connectivity index (χ3v) is 6.10. The summed E-state index contributed by atoms with van der Waals surface area (Å²) in [6.45, 7) is 1.44. The molecule has 0 aliphatic carbocycles. The van der Waals surface area contributed by atoms with E-state index < -0.39 is 0 Å². The Kier molecular flexibility index (Phi) is 8.27. The number of ether oxygens (including phenoxy) is 2. The highest BCUT2D eigenvalue weighted by atomic mass is 19.1. The summed E-state index contributed by atoms with van der Waals surface area (Å²) in [5.74, 6) is 0.570. The second kappa shape index (κ2) is 11.1. The zero-order valence-electron chi connectivity index (χ0n) is 19.6. The molecule has 1 heterocycles. The first-order chi connectivity index (χ1) is 15.8. The highest BCUT2D eigenvalue weighted by Gasteiger charge is 2.29. The van der Waals surface area contributed by atoms with Gasteiger partial charge in [0, 0.05) is 37.2 Å². The van der Waals surface area contributed by atoms with E-state index in [0.717, 1.165) is 5.56 Å². The number of benzene rings is 2. The van der Waals surface area contributed by atoms with Crippen LogP contribution in [-0.4, -0.2) is 69.6 Å². The fourth-order valence-electron chi connectivity index (χ4n) is 4.08. The van der Waals surface area contributed by atoms with Crippen molar-refractivity contribution in [2.24, 2.45) is 5.92 Å². The van der Waals surface area contributed by atoms with Crippen molar-refractivity contribution in [3.05, 3.63) is 59.4 Å². The Morgan fingerprint density at radius 1 is 1.06 bits per heavy atom. The number of methoxy groups -OCH3 is 2. The van der Waals surface area contributed by atoms with Crippen molar-refractivity contribution in [2.75, 3.05) is 47.9 Å². The molecule has 1 atom stereocenters. The van der Waals surface area contributed by atoms with Gasteiger partial charge in [0.2, 0.25) is 5.91 Å². The summed E-state index contributed by atoms with van der Waals surface area (Å²) < 4.78 is 23.8. The number of piperidine rings is 1. The number of likely N-dealkylation sites (tertiary alicyclic amines) is 1. The molecule has 0 unspecified atom stereocenters. The molecule has 1 N–H and O–H groups in total. The molecule has 178 valence electrons. The Hall–Kier alpha value is -3.13. The number of rotatable bonds is 8. The van der Waals surface area contributed by atoms with Gasteiger partial charge in [0.15, 0.2) is 0 Å². The topological polar surface area (TPSA) is 71.1 Å². The van der Waals surface area contributed by atoms with Crippen LogP contribution in [0.1, 0.15) is 34.8 Å². The van der Waals surface area contributed by atoms with Crippen molar-refractivity contribution >= 4 is 11.8 Å². The lowest BCUT2D eigenvalue weighted by atomic mass is 9.95. The molecule has 1 fully saturated rings. The third-order valence-electron chi connectivity index (χ3n) is 6.10. The molecule has 0 aromatic heterocycles. The van der Waals surface area contributed by atoms with Gasteiger partial charge in [0.05, 0.1) is 20.3 Å². The van der Waals surface area contributed by atoms with Crippen molar-refractivity contribution in [2.45, 2.75) is 18.9 Å². The molecular weight excluding hydrogens is 425 g/mol. The summed E-state index contributed by atoms with van der Waals surface area (Å²) in [5.41, 5.74) is 1.44. The normalized spacial score (nSPS) is 15.3. The van der Waals surface area contributed by atoms with Crippen molar-refractivity contribution < 1.29 is 23.5 Å². The van der Waals surface area contributed by atoms with Crippen LogP contribution in [0.4, 0.5) is 4.39 Å². The van der Waals surface area contributed by atoms with Crippen LogP contribution >= 0.6 is 0 Å². The predicted octanol–water partition coefficient (Wildman–Crippen LogP) is 3.11. The third kappa shape index (κ3) is 6.22. The predicted molar refractivity (Wildman–Crippen MR) is 124 cm³/mol. The first-order valence-electron chi connectivity index (χ1n) is 11.0. The molecule has 8 heteroatoms. The van der Waals surface area contributed by atoms with Gasteiger partial charge in [0.25, 0.3) is 5.91 Å². The van der Waals surface area contributed by atoms with Gasteiger partial charge >= 0.3 is 0 Å². The molecule has 1 aliphatic heterocycles. The quantitative estimate of drug-likeness (QED) is 0.660. The fraction of sp³-hybridized carbons (Fsp3) is 0.440. The van der Waals surface area contributed by atoms with Gasteiger partial charge in [-0.05, 0) is 56.8 Å². The molecule has 0 saturated carbocycles. The molecular formula is C25H32FN3O4. The van der Waals surface area contributed by atoms with Crippen LogP contribution in [0.5, 0.6) is 11.5 Å². The molecule has 1 saturated heterocycles. The lowest BCUT2D eigenvalue weighted by Gasteiger charge is -2.32. The van der Waals surface area contributed by atoms with E-state index in [1.54, 1.807) is 49.5 Å². The van der Waals surface area contributed by atoms with E-state index in [1.165, 1.54) is 12.1 Å². The molecule has 1 aliphatic rings. The van der Waals surface area contributed by atoms with Gasteiger partial charge in [-0.3, -0.25) is 9.59 Å². The van der Waals surface area contributed by atoms with Crippen LogP contribution < -0.4 is 14.8 Å². The van der Waals surface area contributed by atoms with E-state index in [4.69, 9.17) is 9.47 Å². The summed E-state index contributed by atoms with van der Waals surface area (Å²) in [6, 6.07) is 11.4. The highest BCUT2D eigenvalue weighted by Crippen LogP contribution is 2.26. The minimum absolute atomic E-state index is 0.0147. The second-order valence-electron chi connectivity index (χ2n) is 8.44. The zero-order valence-corrected chi connectivity index (χ0v) is 19.6. The van der Waals surface area contributed by atoms with Crippen molar-refractivity contribution in [3.8, 4) is 11.5 Å². The Labute approximate surface area is 194 Å². The molecule has 2 aromatic carbocycles. The SMILES string of the molecule is COc1cc(OC)cc(C(=O)N2CCC(C(=O)NC[C@@H](c3ccc(F)cc3)N(C)C)CC2)c1. The van der Waals surface area contributed by atoms with Gasteiger partial charge in [-0.15, -0.1) is 0 Å². The van der Waals surface area contributed by atoms with Crippen LogP contribution in [-0.2, 0) is 4.79 Å². The summed E-state index contributed by atoms with van der Waals surface area (Å²) in [6.07, 6.45) is 1.20. The average molecular weight is 458 g/mol. The zero-order chi connectivity index (χ0) is 24.0. The van der Waals surface area contributed by atoms with E-state index in [0.29, 0.717) is 49.5 Å². The lowest BCUT2D eigenvalue weighted by Crippen LogP contribution is -2.44. The van der Waals surface area contributed by atoms with Gasteiger partial charge < -0.3 is 24.6 Å². The van der Waals surface area contributed by atoms with E-state index in [-0.39, 0.29) is 29.6 Å². The molecule has 0 radical (unpaired) electrons. The van der Waals surface area contributed by atoms with Crippen LogP contribution in [0.15, 0.2) is 42.5 Å². The van der Waals surface area contributed by atoms with Crippen LogP contribution in [0.3, 0.4) is 0 Å². The van der Waals surface area contributed by atoms with Crippen LogP contribution in [0.25, 0.3) is 0 Å². The van der Waals surface area contributed by atoms with Gasteiger partial charge in [-0.1, -0.05) is 12.1 Å². The number of nitrogens with zero attached hydrogens (tertiary/aromatic N) is 2. The molecule has 3 rings (SSSR count). The standard InChI is InChI=1S/C25H32FN3O4/c1-28(2)23(17-5-7-20(26)8-6-17)16-27-24(30)18-9-11-29(12-10-18)25(31)19-13-21(32-3)15-22(14-19)33-4/h5-8,13-15,18,23H,9-12,16H2,1-4H3,(H,27,30)/t23-/m0/s1. The summed E-state index contributed by atoms with van der Waals surface area (Å²) in [7, 11) is 6.95. The van der Waals surface area contributed by atoms with Gasteiger partial charge in [-0.25, -0.2) is 4.39 Å². The van der Waals surface area contributed by atoms with Crippen molar-refractivity contribution in [1.82, 2.24) is 15.1 Å². The van der Waals surface area contributed by atoms with Crippen LogP contribution in [0.2, 0.25) is 0 Å². The van der Waals surface area contributed by atoms with E-state index in [2.05, 4.69) is 5.32 Å². The lowest BCUT2D eigenvalue weighted by molar-refractivity contribution is -0.126. The minimum atomic E-state index is -0.283. The summed E-state index contributed by atoms with van der Waals surface area (Å²) in [5, 5.41) is 3.04. The maximum atomic E-state index is 13.3. The second-order valence-corrected chi connectivity index (χ2v) is 8.44. The number of hydrogen-bond acceptors (Lipinski definition) is 5. The number of hydrogen-bond donors (Lipinski definition) is 1. The van der Waals surface area contributed by atoms with E-state index in [1.807, 2.05) is 19.0 Å².